The minimum Gasteiger partial charge on any atom is -0.393 e. The Morgan fingerprint density at radius 3 is 1.89 bits per heavy atom. The first-order valence-corrected chi connectivity index (χ1v) is 6.87. The zero-order chi connectivity index (χ0) is 7.49. The maximum absolute atomic E-state index is 9.36. The molecule has 0 heterocycles. The molecule has 1 unspecified atom stereocenters. The number of hydrogen-bond donors (Lipinski definition) is 1. The summed E-state index contributed by atoms with van der Waals surface area (Å²) >= 11 is 0. The normalized spacial score (nSPS) is 16.6. The summed E-state index contributed by atoms with van der Waals surface area (Å²) in [6.07, 6.45) is 3.77. The lowest BCUT2D eigenvalue weighted by molar-refractivity contribution is 0.291. The first-order valence-electron chi connectivity index (χ1n) is 3.29. The van der Waals surface area contributed by atoms with Crippen molar-refractivity contribution >= 4 is 8.07 Å². The van der Waals surface area contributed by atoms with E-state index >= 15 is 0 Å². The molecule has 0 saturated carbocycles. The molecule has 0 aromatic carbocycles. The second-order valence-electron chi connectivity index (χ2n) is 3.34. The molecule has 1 nitrogen and oxygen atoms in total. The lowest BCUT2D eigenvalue weighted by Crippen LogP contribution is -2.36. The van der Waals surface area contributed by atoms with E-state index in [1.54, 1.807) is 0 Å². The van der Waals surface area contributed by atoms with Crippen LogP contribution in [0, 0.1) is 0 Å². The molecule has 0 radical (unpaired) electrons. The maximum atomic E-state index is 9.36. The Hall–Kier alpha value is -0.0831. The molecule has 0 amide bonds. The Balaban J connectivity index is 3.88. The van der Waals surface area contributed by atoms with Gasteiger partial charge >= 0.3 is 0 Å². The minimum atomic E-state index is -1.31. The van der Waals surface area contributed by atoms with E-state index < -0.39 is 8.07 Å². The number of aliphatic hydroxyl groups is 1. The second-order valence-corrected chi connectivity index (χ2v) is 8.66. The molecule has 9 heavy (non-hydrogen) atoms. The molecule has 1 N–H and O–H groups in total. The summed E-state index contributed by atoms with van der Waals surface area (Å²) in [5.41, 5.74) is -0.178. The van der Waals surface area contributed by atoms with Crippen LogP contribution in [-0.4, -0.2) is 18.9 Å². The van der Waals surface area contributed by atoms with E-state index in [2.05, 4.69) is 19.6 Å². The second kappa shape index (κ2) is 3.18. The maximum Gasteiger partial charge on any atom is 0.0830 e. The summed E-state index contributed by atoms with van der Waals surface area (Å²) < 4.78 is 0. The summed E-state index contributed by atoms with van der Waals surface area (Å²) in [6.45, 7) is 8.39. The van der Waals surface area contributed by atoms with Crippen LogP contribution in [0.3, 0.4) is 0 Å². The highest BCUT2D eigenvalue weighted by atomic mass is 28.3. The fraction of sp³-hybridized carbons (Fsp3) is 0.714. The van der Waals surface area contributed by atoms with Gasteiger partial charge in [-0.05, 0) is 6.92 Å². The molecular weight excluding hydrogens is 128 g/mol. The first-order chi connectivity index (χ1) is 3.98. The van der Waals surface area contributed by atoms with Gasteiger partial charge in [-0.25, -0.2) is 0 Å². The fourth-order valence-electron chi connectivity index (χ4n) is 0.471. The van der Waals surface area contributed by atoms with Crippen LogP contribution in [0.1, 0.15) is 6.92 Å². The third kappa shape index (κ3) is 3.49. The summed E-state index contributed by atoms with van der Waals surface area (Å²) in [7, 11) is -1.31. The molecule has 0 aromatic heterocycles. The van der Waals surface area contributed by atoms with Crippen LogP contribution < -0.4 is 0 Å². The van der Waals surface area contributed by atoms with Crippen LogP contribution in [0.5, 0.6) is 0 Å². The highest BCUT2D eigenvalue weighted by molar-refractivity contribution is 6.77. The van der Waals surface area contributed by atoms with Crippen molar-refractivity contribution in [3.05, 3.63) is 12.2 Å². The average Bonchev–Trinajstić information content (AvgIpc) is 1.64. The van der Waals surface area contributed by atoms with Gasteiger partial charge in [0, 0.05) is 0 Å². The van der Waals surface area contributed by atoms with E-state index in [1.165, 1.54) is 0 Å². The van der Waals surface area contributed by atoms with Gasteiger partial charge < -0.3 is 5.11 Å². The molecule has 54 valence electrons. The van der Waals surface area contributed by atoms with Crippen molar-refractivity contribution in [3.63, 3.8) is 0 Å². The molecule has 0 aliphatic rings. The summed E-state index contributed by atoms with van der Waals surface area (Å²) in [4.78, 5) is 0. The van der Waals surface area contributed by atoms with Gasteiger partial charge in [-0.3, -0.25) is 0 Å². The van der Waals surface area contributed by atoms with Gasteiger partial charge in [0.05, 0.1) is 13.8 Å². The number of rotatable bonds is 2. The van der Waals surface area contributed by atoms with E-state index in [9.17, 15) is 5.11 Å². The summed E-state index contributed by atoms with van der Waals surface area (Å²) in [5, 5.41) is 9.36. The predicted molar refractivity (Wildman–Crippen MR) is 44.2 cm³/mol. The van der Waals surface area contributed by atoms with Crippen LogP contribution >= 0.6 is 0 Å². The summed E-state index contributed by atoms with van der Waals surface area (Å²) in [6, 6.07) is 0. The van der Waals surface area contributed by atoms with Crippen LogP contribution in [-0.2, 0) is 0 Å². The molecule has 0 bridgehead atoms. The van der Waals surface area contributed by atoms with E-state index in [0.717, 1.165) is 0 Å². The Kier molecular flexibility index (Phi) is 3.15. The van der Waals surface area contributed by atoms with Crippen molar-refractivity contribution in [1.29, 1.82) is 0 Å². The smallest absolute Gasteiger partial charge is 0.0830 e. The van der Waals surface area contributed by atoms with Gasteiger partial charge in [0.2, 0.25) is 0 Å². The Labute approximate surface area is 58.4 Å². The molecule has 0 fully saturated rings. The monoisotopic (exact) mass is 144 g/mol. The van der Waals surface area contributed by atoms with Crippen LogP contribution in [0.25, 0.3) is 0 Å². The van der Waals surface area contributed by atoms with Crippen LogP contribution in [0.2, 0.25) is 19.6 Å². The first kappa shape index (κ1) is 8.92. The number of allylic oxidation sites excluding steroid dienone is 1. The molecule has 1 atom stereocenters. The van der Waals surface area contributed by atoms with Gasteiger partial charge in [0.1, 0.15) is 0 Å². The fourth-order valence-corrected chi connectivity index (χ4v) is 1.24. The molecule has 0 rings (SSSR count). The van der Waals surface area contributed by atoms with Crippen LogP contribution in [0.4, 0.5) is 0 Å². The van der Waals surface area contributed by atoms with Gasteiger partial charge in [-0.1, -0.05) is 31.8 Å². The molecule has 0 spiro atoms. The lowest BCUT2D eigenvalue weighted by Gasteiger charge is -2.19. The largest absolute Gasteiger partial charge is 0.393 e. The van der Waals surface area contributed by atoms with E-state index in [1.807, 2.05) is 19.1 Å². The van der Waals surface area contributed by atoms with E-state index in [-0.39, 0.29) is 5.73 Å². The topological polar surface area (TPSA) is 20.2 Å². The summed E-state index contributed by atoms with van der Waals surface area (Å²) in [5.74, 6) is 0. The Morgan fingerprint density at radius 1 is 1.33 bits per heavy atom. The molecule has 2 heteroatoms. The number of hydrogen-bond acceptors (Lipinski definition) is 1. The van der Waals surface area contributed by atoms with Crippen molar-refractivity contribution in [2.45, 2.75) is 32.3 Å². The van der Waals surface area contributed by atoms with Crippen molar-refractivity contribution < 1.29 is 5.11 Å². The highest BCUT2D eigenvalue weighted by Gasteiger charge is 2.21. The number of aliphatic hydroxyl groups excluding tert-OH is 1. The quantitative estimate of drug-likeness (QED) is 0.463. The van der Waals surface area contributed by atoms with Gasteiger partial charge in [0.25, 0.3) is 0 Å². The molecule has 0 aliphatic carbocycles. The van der Waals surface area contributed by atoms with Crippen molar-refractivity contribution in [2.75, 3.05) is 0 Å². The molecule has 0 saturated heterocycles. The third-order valence-corrected chi connectivity index (χ3v) is 3.23. The minimum absolute atomic E-state index is 0.178. The average molecular weight is 144 g/mol. The molecule has 0 aromatic rings. The lowest BCUT2D eigenvalue weighted by atomic mass is 10.5. The van der Waals surface area contributed by atoms with Crippen molar-refractivity contribution in [2.24, 2.45) is 0 Å². The van der Waals surface area contributed by atoms with E-state index in [0.29, 0.717) is 0 Å². The predicted octanol–water partition coefficient (Wildman–Crippen LogP) is 1.80. The van der Waals surface area contributed by atoms with Crippen molar-refractivity contribution in [3.8, 4) is 0 Å². The van der Waals surface area contributed by atoms with Gasteiger partial charge in [-0.15, -0.1) is 0 Å². The highest BCUT2D eigenvalue weighted by Crippen LogP contribution is 2.07. The third-order valence-electron chi connectivity index (χ3n) is 1.26. The SMILES string of the molecule is CC=CC(O)[Si](C)(C)C. The molecular formula is C7H16OSi. The van der Waals surface area contributed by atoms with Crippen molar-refractivity contribution in [1.82, 2.24) is 0 Å². The van der Waals surface area contributed by atoms with E-state index in [4.69, 9.17) is 0 Å². The van der Waals surface area contributed by atoms with Gasteiger partial charge in [-0.2, -0.15) is 0 Å². The zero-order valence-corrected chi connectivity index (χ0v) is 7.68. The molecule has 0 aliphatic heterocycles. The Bertz CT molecular complexity index is 102. The van der Waals surface area contributed by atoms with Crippen LogP contribution in [0.15, 0.2) is 12.2 Å². The zero-order valence-electron chi connectivity index (χ0n) is 6.68. The standard InChI is InChI=1S/C7H16OSi/c1-5-6-7(8)9(2,3)4/h5-8H,1-4H3. The van der Waals surface area contributed by atoms with Gasteiger partial charge in [0.15, 0.2) is 0 Å². The Morgan fingerprint density at radius 2 is 1.78 bits per heavy atom.